The molecule has 3 rings (SSSR count). The number of aromatic nitrogens is 2. The van der Waals surface area contributed by atoms with Crippen molar-refractivity contribution in [3.8, 4) is 11.9 Å². The molecular formula is C17H19N3O3S. The summed E-state index contributed by atoms with van der Waals surface area (Å²) in [6.07, 6.45) is 6.73. The predicted octanol–water partition coefficient (Wildman–Crippen LogP) is 2.63. The summed E-state index contributed by atoms with van der Waals surface area (Å²) >= 11 is 1.62. The van der Waals surface area contributed by atoms with Crippen LogP contribution in [0.5, 0.6) is 11.9 Å². The van der Waals surface area contributed by atoms with Crippen LogP contribution in [0.2, 0.25) is 0 Å². The van der Waals surface area contributed by atoms with Gasteiger partial charge in [0, 0.05) is 49.1 Å². The third kappa shape index (κ3) is 4.32. The van der Waals surface area contributed by atoms with Gasteiger partial charge in [-0.3, -0.25) is 4.79 Å². The maximum absolute atomic E-state index is 12.2. The number of likely N-dealkylation sites (tertiary alicyclic amines) is 1. The maximum Gasteiger partial charge on any atom is 0.319 e. The number of piperidine rings is 1. The number of methoxy groups -OCH3 is 1. The Bertz CT molecular complexity index is 695. The van der Waals surface area contributed by atoms with Crippen LogP contribution in [0.1, 0.15) is 17.7 Å². The fourth-order valence-corrected chi connectivity index (χ4v) is 3.12. The number of nitrogens with zero attached hydrogens (tertiary/aromatic N) is 3. The van der Waals surface area contributed by atoms with Crippen LogP contribution in [0, 0.1) is 0 Å². The average molecular weight is 345 g/mol. The van der Waals surface area contributed by atoms with E-state index < -0.39 is 0 Å². The first-order valence-corrected chi connectivity index (χ1v) is 8.67. The van der Waals surface area contributed by atoms with Crippen molar-refractivity contribution >= 4 is 23.3 Å². The van der Waals surface area contributed by atoms with E-state index in [1.165, 1.54) is 7.11 Å². The van der Waals surface area contributed by atoms with E-state index in [1.54, 1.807) is 29.7 Å². The van der Waals surface area contributed by atoms with Crippen LogP contribution >= 0.6 is 11.3 Å². The molecule has 0 spiro atoms. The van der Waals surface area contributed by atoms with Gasteiger partial charge in [-0.25, -0.2) is 4.98 Å². The van der Waals surface area contributed by atoms with Crippen LogP contribution in [0.4, 0.5) is 0 Å². The number of hydrogen-bond donors (Lipinski definition) is 0. The van der Waals surface area contributed by atoms with Crippen molar-refractivity contribution in [2.75, 3.05) is 20.2 Å². The lowest BCUT2D eigenvalue weighted by Crippen LogP contribution is -2.41. The smallest absolute Gasteiger partial charge is 0.319 e. The first-order chi connectivity index (χ1) is 11.7. The van der Waals surface area contributed by atoms with Crippen molar-refractivity contribution in [1.82, 2.24) is 14.9 Å². The van der Waals surface area contributed by atoms with E-state index in [1.807, 2.05) is 28.5 Å². The highest BCUT2D eigenvalue weighted by molar-refractivity contribution is 7.10. The average Bonchev–Trinajstić information content (AvgIpc) is 3.14. The highest BCUT2D eigenvalue weighted by Crippen LogP contribution is 2.19. The number of ether oxygens (including phenoxy) is 2. The third-order valence-corrected chi connectivity index (χ3v) is 4.60. The zero-order valence-electron chi connectivity index (χ0n) is 13.4. The molecule has 2 aromatic rings. The second-order valence-corrected chi connectivity index (χ2v) is 6.35. The molecule has 0 unspecified atom stereocenters. The molecule has 0 aliphatic carbocycles. The molecule has 0 N–H and O–H groups in total. The van der Waals surface area contributed by atoms with Crippen molar-refractivity contribution in [2.45, 2.75) is 18.9 Å². The summed E-state index contributed by atoms with van der Waals surface area (Å²) in [5, 5.41) is 2.00. The molecule has 0 atom stereocenters. The summed E-state index contributed by atoms with van der Waals surface area (Å²) in [4.78, 5) is 23.2. The van der Waals surface area contributed by atoms with Gasteiger partial charge in [-0.2, -0.15) is 4.98 Å². The number of amides is 1. The normalized spacial score (nSPS) is 15.6. The third-order valence-electron chi connectivity index (χ3n) is 3.76. The van der Waals surface area contributed by atoms with E-state index in [4.69, 9.17) is 9.47 Å². The molecule has 24 heavy (non-hydrogen) atoms. The molecule has 2 aromatic heterocycles. The summed E-state index contributed by atoms with van der Waals surface area (Å²) < 4.78 is 10.8. The van der Waals surface area contributed by atoms with E-state index >= 15 is 0 Å². The molecule has 0 radical (unpaired) electrons. The highest BCUT2D eigenvalue weighted by Gasteiger charge is 2.23. The quantitative estimate of drug-likeness (QED) is 0.780. The molecule has 0 aromatic carbocycles. The van der Waals surface area contributed by atoms with E-state index in [9.17, 15) is 4.79 Å². The summed E-state index contributed by atoms with van der Waals surface area (Å²) in [6.45, 7) is 1.36. The summed E-state index contributed by atoms with van der Waals surface area (Å²) in [5.41, 5.74) is 0. The lowest BCUT2D eigenvalue weighted by molar-refractivity contribution is -0.127. The van der Waals surface area contributed by atoms with Gasteiger partial charge in [0.15, 0.2) is 0 Å². The first kappa shape index (κ1) is 16.4. The molecule has 0 saturated carbocycles. The number of thiophene rings is 1. The van der Waals surface area contributed by atoms with Crippen molar-refractivity contribution in [1.29, 1.82) is 0 Å². The SMILES string of the molecule is COc1nccc(OC2CCN(C(=O)/C=C/c3cccs3)CC2)n1. The van der Waals surface area contributed by atoms with Gasteiger partial charge in [-0.05, 0) is 17.5 Å². The Morgan fingerprint density at radius 2 is 2.21 bits per heavy atom. The maximum atomic E-state index is 12.2. The number of carbonyl (C=O) groups is 1. The zero-order valence-corrected chi connectivity index (χ0v) is 14.2. The Balaban J connectivity index is 1.49. The molecule has 7 heteroatoms. The van der Waals surface area contributed by atoms with Crippen LogP contribution < -0.4 is 9.47 Å². The molecule has 6 nitrogen and oxygen atoms in total. The van der Waals surface area contributed by atoms with Crippen LogP contribution in [0.15, 0.2) is 35.9 Å². The second-order valence-electron chi connectivity index (χ2n) is 5.37. The summed E-state index contributed by atoms with van der Waals surface area (Å²) in [7, 11) is 1.52. The van der Waals surface area contributed by atoms with Gasteiger partial charge in [0.05, 0.1) is 7.11 Å². The van der Waals surface area contributed by atoms with E-state index in [0.717, 1.165) is 17.7 Å². The van der Waals surface area contributed by atoms with Crippen LogP contribution in [-0.4, -0.2) is 47.1 Å². The lowest BCUT2D eigenvalue weighted by atomic mass is 10.1. The van der Waals surface area contributed by atoms with Crippen LogP contribution in [0.25, 0.3) is 6.08 Å². The standard InChI is InChI=1S/C17H19N3O3S/c1-22-17-18-9-6-15(19-17)23-13-7-10-20(11-8-13)16(21)5-4-14-3-2-12-24-14/h2-6,9,12-13H,7-8,10-11H2,1H3/b5-4+. The van der Waals surface area contributed by atoms with E-state index in [2.05, 4.69) is 9.97 Å². The topological polar surface area (TPSA) is 64.6 Å². The number of rotatable bonds is 5. The fraction of sp³-hybridized carbons (Fsp3) is 0.353. The van der Waals surface area contributed by atoms with Crippen molar-refractivity contribution in [3.63, 3.8) is 0 Å². The Morgan fingerprint density at radius 1 is 1.38 bits per heavy atom. The molecule has 126 valence electrons. The molecule has 1 aliphatic rings. The van der Waals surface area contributed by atoms with Gasteiger partial charge in [0.25, 0.3) is 0 Å². The van der Waals surface area contributed by atoms with Gasteiger partial charge < -0.3 is 14.4 Å². The molecule has 0 bridgehead atoms. The predicted molar refractivity (Wildman–Crippen MR) is 92.2 cm³/mol. The van der Waals surface area contributed by atoms with Crippen molar-refractivity contribution in [3.05, 3.63) is 40.7 Å². The molecular weight excluding hydrogens is 326 g/mol. The lowest BCUT2D eigenvalue weighted by Gasteiger charge is -2.31. The van der Waals surface area contributed by atoms with E-state index in [-0.39, 0.29) is 12.0 Å². The molecule has 3 heterocycles. The van der Waals surface area contributed by atoms with Crippen molar-refractivity contribution in [2.24, 2.45) is 0 Å². The zero-order chi connectivity index (χ0) is 16.8. The minimum absolute atomic E-state index is 0.0468. The monoisotopic (exact) mass is 345 g/mol. The van der Waals surface area contributed by atoms with Gasteiger partial charge >= 0.3 is 6.01 Å². The van der Waals surface area contributed by atoms with Gasteiger partial charge in [0.1, 0.15) is 6.10 Å². The minimum Gasteiger partial charge on any atom is -0.474 e. The highest BCUT2D eigenvalue weighted by atomic mass is 32.1. The second kappa shape index (κ2) is 7.92. The van der Waals surface area contributed by atoms with E-state index in [0.29, 0.717) is 25.0 Å². The minimum atomic E-state index is 0.0468. The first-order valence-electron chi connectivity index (χ1n) is 7.79. The van der Waals surface area contributed by atoms with Gasteiger partial charge in [0.2, 0.25) is 11.8 Å². The van der Waals surface area contributed by atoms with Gasteiger partial charge in [-0.1, -0.05) is 6.07 Å². The van der Waals surface area contributed by atoms with Crippen molar-refractivity contribution < 1.29 is 14.3 Å². The molecule has 1 aliphatic heterocycles. The summed E-state index contributed by atoms with van der Waals surface area (Å²) in [5.74, 6) is 0.551. The molecule has 1 amide bonds. The number of carbonyl (C=O) groups excluding carboxylic acids is 1. The van der Waals surface area contributed by atoms with Crippen LogP contribution in [-0.2, 0) is 4.79 Å². The largest absolute Gasteiger partial charge is 0.474 e. The summed E-state index contributed by atoms with van der Waals surface area (Å²) in [6, 6.07) is 5.97. The van der Waals surface area contributed by atoms with Crippen LogP contribution in [0.3, 0.4) is 0 Å². The number of hydrogen-bond acceptors (Lipinski definition) is 6. The van der Waals surface area contributed by atoms with Gasteiger partial charge in [-0.15, -0.1) is 11.3 Å². The Kier molecular flexibility index (Phi) is 5.43. The molecule has 1 fully saturated rings. The molecule has 1 saturated heterocycles. The Labute approximate surface area is 144 Å². The fourth-order valence-electron chi connectivity index (χ4n) is 2.50. The Morgan fingerprint density at radius 3 is 2.92 bits per heavy atom. The Hall–Kier alpha value is -2.41.